The summed E-state index contributed by atoms with van der Waals surface area (Å²) < 4.78 is 35.5. The van der Waals surface area contributed by atoms with Gasteiger partial charge in [0.1, 0.15) is 0 Å². The van der Waals surface area contributed by atoms with E-state index in [1.807, 2.05) is 0 Å². The van der Waals surface area contributed by atoms with Crippen molar-refractivity contribution in [3.05, 3.63) is 0 Å². The molecule has 0 aromatic heterocycles. The SMILES string of the molecule is CC1C=NC(C(F)(F)F)=NC1. The van der Waals surface area contributed by atoms with Gasteiger partial charge in [0.15, 0.2) is 0 Å². The molecule has 0 aliphatic carbocycles. The maximum absolute atomic E-state index is 11.8. The molecule has 0 aromatic carbocycles. The summed E-state index contributed by atoms with van der Waals surface area (Å²) in [6, 6.07) is 0. The summed E-state index contributed by atoms with van der Waals surface area (Å²) in [5.41, 5.74) is 0. The van der Waals surface area contributed by atoms with Crippen LogP contribution >= 0.6 is 0 Å². The number of nitrogens with zero attached hydrogens (tertiary/aromatic N) is 2. The minimum atomic E-state index is -4.39. The third-order valence-corrected chi connectivity index (χ3v) is 1.23. The predicted octanol–water partition coefficient (Wildman–Crippen LogP) is 1.67. The van der Waals surface area contributed by atoms with Crippen molar-refractivity contribution in [3.8, 4) is 0 Å². The van der Waals surface area contributed by atoms with Crippen LogP contribution in [0.5, 0.6) is 0 Å². The van der Waals surface area contributed by atoms with Gasteiger partial charge in [-0.1, -0.05) is 6.92 Å². The Kier molecular flexibility index (Phi) is 1.97. The van der Waals surface area contributed by atoms with E-state index in [2.05, 4.69) is 9.98 Å². The van der Waals surface area contributed by atoms with Crippen molar-refractivity contribution in [2.45, 2.75) is 13.1 Å². The lowest BCUT2D eigenvalue weighted by molar-refractivity contribution is -0.0600. The van der Waals surface area contributed by atoms with E-state index in [-0.39, 0.29) is 12.5 Å². The quantitative estimate of drug-likeness (QED) is 0.520. The molecule has 0 aromatic rings. The fraction of sp³-hybridized carbons (Fsp3) is 0.667. The molecule has 0 saturated heterocycles. The first-order chi connectivity index (χ1) is 5.00. The summed E-state index contributed by atoms with van der Waals surface area (Å²) in [7, 11) is 0. The van der Waals surface area contributed by atoms with E-state index in [4.69, 9.17) is 0 Å². The molecule has 1 atom stereocenters. The first kappa shape index (κ1) is 8.23. The normalized spacial score (nSPS) is 25.1. The molecule has 1 aliphatic heterocycles. The van der Waals surface area contributed by atoms with Crippen LogP contribution in [0.3, 0.4) is 0 Å². The first-order valence-electron chi connectivity index (χ1n) is 3.16. The molecule has 0 N–H and O–H groups in total. The zero-order valence-corrected chi connectivity index (χ0v) is 5.89. The van der Waals surface area contributed by atoms with Crippen molar-refractivity contribution < 1.29 is 13.2 Å². The molecule has 1 heterocycles. The summed E-state index contributed by atoms with van der Waals surface area (Å²) >= 11 is 0. The van der Waals surface area contributed by atoms with Crippen LogP contribution in [-0.2, 0) is 0 Å². The van der Waals surface area contributed by atoms with Crippen LogP contribution in [0.1, 0.15) is 6.92 Å². The number of hydrogen-bond acceptors (Lipinski definition) is 2. The second-order valence-corrected chi connectivity index (χ2v) is 2.42. The van der Waals surface area contributed by atoms with Gasteiger partial charge in [0.05, 0.1) is 0 Å². The summed E-state index contributed by atoms with van der Waals surface area (Å²) in [4.78, 5) is 6.46. The van der Waals surface area contributed by atoms with Crippen LogP contribution in [0.15, 0.2) is 9.98 Å². The van der Waals surface area contributed by atoms with Crippen molar-refractivity contribution in [2.75, 3.05) is 6.54 Å². The Bertz CT molecular complexity index is 204. The summed E-state index contributed by atoms with van der Waals surface area (Å²) in [6.07, 6.45) is -3.12. The van der Waals surface area contributed by atoms with E-state index in [9.17, 15) is 13.2 Å². The van der Waals surface area contributed by atoms with Crippen molar-refractivity contribution in [2.24, 2.45) is 15.9 Å². The Balaban J connectivity index is 2.71. The van der Waals surface area contributed by atoms with Gasteiger partial charge in [-0.15, -0.1) is 0 Å². The lowest BCUT2D eigenvalue weighted by atomic mass is 10.2. The monoisotopic (exact) mass is 164 g/mol. The van der Waals surface area contributed by atoms with Gasteiger partial charge in [0, 0.05) is 18.7 Å². The van der Waals surface area contributed by atoms with Crippen molar-refractivity contribution in [1.29, 1.82) is 0 Å². The molecular weight excluding hydrogens is 157 g/mol. The minimum Gasteiger partial charge on any atom is -0.262 e. The molecule has 0 spiro atoms. The Morgan fingerprint density at radius 2 is 2.18 bits per heavy atom. The van der Waals surface area contributed by atoms with Crippen molar-refractivity contribution in [1.82, 2.24) is 0 Å². The third kappa shape index (κ3) is 2.03. The summed E-state index contributed by atoms with van der Waals surface area (Å²) in [5.74, 6) is -1.00. The molecule has 1 aliphatic rings. The molecule has 11 heavy (non-hydrogen) atoms. The first-order valence-corrected chi connectivity index (χ1v) is 3.16. The van der Waals surface area contributed by atoms with E-state index in [1.165, 1.54) is 6.21 Å². The van der Waals surface area contributed by atoms with Gasteiger partial charge in [-0.2, -0.15) is 13.2 Å². The summed E-state index contributed by atoms with van der Waals surface area (Å²) in [6.45, 7) is 1.94. The molecule has 1 rings (SSSR count). The topological polar surface area (TPSA) is 24.7 Å². The van der Waals surface area contributed by atoms with E-state index < -0.39 is 12.0 Å². The van der Waals surface area contributed by atoms with Crippen molar-refractivity contribution >= 4 is 12.1 Å². The maximum atomic E-state index is 11.8. The fourth-order valence-corrected chi connectivity index (χ4v) is 0.679. The molecule has 0 fully saturated rings. The van der Waals surface area contributed by atoms with E-state index >= 15 is 0 Å². The van der Waals surface area contributed by atoms with Crippen LogP contribution in [-0.4, -0.2) is 24.8 Å². The Morgan fingerprint density at radius 3 is 2.55 bits per heavy atom. The van der Waals surface area contributed by atoms with Crippen LogP contribution in [0.4, 0.5) is 13.2 Å². The molecular formula is C6H7F3N2. The molecule has 0 radical (unpaired) electrons. The molecule has 0 amide bonds. The Morgan fingerprint density at radius 1 is 1.55 bits per heavy atom. The smallest absolute Gasteiger partial charge is 0.262 e. The van der Waals surface area contributed by atoms with Crippen LogP contribution < -0.4 is 0 Å². The van der Waals surface area contributed by atoms with Gasteiger partial charge in [0.2, 0.25) is 5.84 Å². The van der Waals surface area contributed by atoms with Gasteiger partial charge in [0.25, 0.3) is 0 Å². The van der Waals surface area contributed by atoms with Gasteiger partial charge in [-0.25, -0.2) is 4.99 Å². The number of halogens is 3. The Labute approximate surface area is 61.8 Å². The highest BCUT2D eigenvalue weighted by Gasteiger charge is 2.36. The lowest BCUT2D eigenvalue weighted by Gasteiger charge is -2.11. The highest BCUT2D eigenvalue weighted by atomic mass is 19.4. The molecule has 0 bridgehead atoms. The van der Waals surface area contributed by atoms with Crippen LogP contribution in [0, 0.1) is 5.92 Å². The second kappa shape index (κ2) is 2.64. The highest BCUT2D eigenvalue weighted by Crippen LogP contribution is 2.19. The number of aliphatic imine (C=N–C) groups is 2. The second-order valence-electron chi connectivity index (χ2n) is 2.42. The zero-order chi connectivity index (χ0) is 8.48. The van der Waals surface area contributed by atoms with E-state index in [0.717, 1.165) is 0 Å². The Hall–Kier alpha value is -0.870. The van der Waals surface area contributed by atoms with E-state index in [0.29, 0.717) is 0 Å². The van der Waals surface area contributed by atoms with Gasteiger partial charge < -0.3 is 0 Å². The molecule has 5 heteroatoms. The average molecular weight is 164 g/mol. The number of rotatable bonds is 0. The average Bonchev–Trinajstić information content (AvgIpc) is 1.86. The summed E-state index contributed by atoms with van der Waals surface area (Å²) in [5, 5.41) is 0. The van der Waals surface area contributed by atoms with Crippen LogP contribution in [0.25, 0.3) is 0 Å². The molecule has 1 unspecified atom stereocenters. The third-order valence-electron chi connectivity index (χ3n) is 1.23. The zero-order valence-electron chi connectivity index (χ0n) is 5.89. The van der Waals surface area contributed by atoms with Gasteiger partial charge in [-0.3, -0.25) is 4.99 Å². The minimum absolute atomic E-state index is 0.0149. The lowest BCUT2D eigenvalue weighted by Crippen LogP contribution is -2.25. The standard InChI is InChI=1S/C6H7F3N2/c1-4-2-10-5(11-3-4)6(7,8)9/h2,4H,3H2,1H3. The molecule has 2 nitrogen and oxygen atoms in total. The fourth-order valence-electron chi connectivity index (χ4n) is 0.679. The number of alkyl halides is 3. The van der Waals surface area contributed by atoms with Gasteiger partial charge >= 0.3 is 6.18 Å². The van der Waals surface area contributed by atoms with Crippen LogP contribution in [0.2, 0.25) is 0 Å². The maximum Gasteiger partial charge on any atom is 0.451 e. The number of amidine groups is 1. The van der Waals surface area contributed by atoms with E-state index in [1.54, 1.807) is 6.92 Å². The van der Waals surface area contributed by atoms with Gasteiger partial charge in [-0.05, 0) is 0 Å². The predicted molar refractivity (Wildman–Crippen MR) is 36.0 cm³/mol. The highest BCUT2D eigenvalue weighted by molar-refractivity contribution is 5.95. The van der Waals surface area contributed by atoms with Crippen molar-refractivity contribution in [3.63, 3.8) is 0 Å². The largest absolute Gasteiger partial charge is 0.451 e. The molecule has 62 valence electrons. The molecule has 0 saturated carbocycles. The number of hydrogen-bond donors (Lipinski definition) is 0.